The van der Waals surface area contributed by atoms with Gasteiger partial charge in [0.15, 0.2) is 0 Å². The minimum absolute atomic E-state index is 0.0794. The van der Waals surface area contributed by atoms with Crippen LogP contribution in [0.15, 0.2) is 22.7 Å². The molecule has 0 aliphatic heterocycles. The van der Waals surface area contributed by atoms with Crippen LogP contribution in [0.3, 0.4) is 0 Å². The van der Waals surface area contributed by atoms with Crippen LogP contribution in [0.5, 0.6) is 0 Å². The molecule has 0 unspecified atom stereocenters. The van der Waals surface area contributed by atoms with Crippen molar-refractivity contribution in [1.29, 1.82) is 0 Å². The van der Waals surface area contributed by atoms with Crippen molar-refractivity contribution in [2.45, 2.75) is 0 Å². The van der Waals surface area contributed by atoms with Gasteiger partial charge in [-0.15, -0.1) is 0 Å². The molecule has 0 heterocycles. The number of hydrogen-bond acceptors (Lipinski definition) is 3. The van der Waals surface area contributed by atoms with Crippen LogP contribution in [0.4, 0.5) is 10.5 Å². The molecule has 80 valence electrons. The second-order valence-electron chi connectivity index (χ2n) is 2.65. The Morgan fingerprint density at radius 2 is 2.07 bits per heavy atom. The quantitative estimate of drug-likeness (QED) is 0.867. The lowest BCUT2D eigenvalue weighted by Gasteiger charge is -2.05. The first-order chi connectivity index (χ1) is 7.02. The summed E-state index contributed by atoms with van der Waals surface area (Å²) in [5.74, 6) is -1.07. The molecule has 0 atom stereocenters. The van der Waals surface area contributed by atoms with E-state index in [1.807, 2.05) is 0 Å². The molecule has 0 saturated heterocycles. The van der Waals surface area contributed by atoms with E-state index in [1.54, 1.807) is 6.07 Å². The number of amides is 1. The smallest absolute Gasteiger partial charge is 0.411 e. The highest BCUT2D eigenvalue weighted by Crippen LogP contribution is 2.19. The maximum Gasteiger partial charge on any atom is 0.411 e. The summed E-state index contributed by atoms with van der Waals surface area (Å²) in [6.45, 7) is 0. The van der Waals surface area contributed by atoms with Gasteiger partial charge in [-0.25, -0.2) is 9.59 Å². The average molecular weight is 274 g/mol. The van der Waals surface area contributed by atoms with Gasteiger partial charge >= 0.3 is 12.1 Å². The maximum absolute atomic E-state index is 10.9. The Bertz CT molecular complexity index is 405. The van der Waals surface area contributed by atoms with Gasteiger partial charge in [0.1, 0.15) is 0 Å². The van der Waals surface area contributed by atoms with Gasteiger partial charge in [0.2, 0.25) is 0 Å². The van der Waals surface area contributed by atoms with Gasteiger partial charge < -0.3 is 9.84 Å². The number of hydrogen-bond donors (Lipinski definition) is 2. The fourth-order valence-corrected chi connectivity index (χ4v) is 1.45. The topological polar surface area (TPSA) is 75.6 Å². The molecular weight excluding hydrogens is 266 g/mol. The lowest BCUT2D eigenvalue weighted by Crippen LogP contribution is -2.11. The molecule has 6 heteroatoms. The van der Waals surface area contributed by atoms with Crippen LogP contribution in [0, 0.1) is 0 Å². The summed E-state index contributed by atoms with van der Waals surface area (Å²) in [5.41, 5.74) is 0.435. The van der Waals surface area contributed by atoms with Gasteiger partial charge in [0.05, 0.1) is 12.7 Å². The molecule has 1 aromatic rings. The van der Waals surface area contributed by atoms with Crippen molar-refractivity contribution in [3.05, 3.63) is 28.2 Å². The van der Waals surface area contributed by atoms with Crippen LogP contribution >= 0.6 is 15.9 Å². The van der Waals surface area contributed by atoms with Crippen LogP contribution in [0.25, 0.3) is 0 Å². The first-order valence-electron chi connectivity index (χ1n) is 3.92. The van der Waals surface area contributed by atoms with Crippen LogP contribution in [0.2, 0.25) is 0 Å². The second-order valence-corrected chi connectivity index (χ2v) is 3.57. The minimum Gasteiger partial charge on any atom is -0.478 e. The summed E-state index contributed by atoms with van der Waals surface area (Å²) in [6.07, 6.45) is -0.649. The number of aromatic carboxylic acids is 1. The zero-order valence-corrected chi connectivity index (χ0v) is 9.37. The standard InChI is InChI=1S/C9H8BrNO4/c1-15-9(14)11-7-3-5(8(12)13)2-6(10)4-7/h2-4H,1H3,(H,11,14)(H,12,13). The molecule has 1 amide bonds. The Labute approximate surface area is 94.2 Å². The zero-order chi connectivity index (χ0) is 11.4. The predicted octanol–water partition coefficient (Wildman–Crippen LogP) is 2.33. The van der Waals surface area contributed by atoms with Crippen LogP contribution in [-0.4, -0.2) is 24.3 Å². The van der Waals surface area contributed by atoms with Crippen LogP contribution in [-0.2, 0) is 4.74 Å². The van der Waals surface area contributed by atoms with Gasteiger partial charge in [-0.3, -0.25) is 5.32 Å². The molecule has 1 aromatic carbocycles. The van der Waals surface area contributed by atoms with Crippen molar-refractivity contribution in [3.8, 4) is 0 Å². The number of benzene rings is 1. The third-order valence-corrected chi connectivity index (χ3v) is 2.03. The van der Waals surface area contributed by atoms with Crippen molar-refractivity contribution >= 4 is 33.7 Å². The maximum atomic E-state index is 10.9. The highest BCUT2D eigenvalue weighted by atomic mass is 79.9. The third-order valence-electron chi connectivity index (χ3n) is 1.58. The monoisotopic (exact) mass is 273 g/mol. The molecule has 15 heavy (non-hydrogen) atoms. The first-order valence-corrected chi connectivity index (χ1v) is 4.71. The summed E-state index contributed by atoms with van der Waals surface area (Å²) in [5, 5.41) is 11.1. The van der Waals surface area contributed by atoms with Crippen molar-refractivity contribution < 1.29 is 19.4 Å². The second kappa shape index (κ2) is 4.79. The fourth-order valence-electron chi connectivity index (χ4n) is 0.954. The third kappa shape index (κ3) is 3.25. The fraction of sp³-hybridized carbons (Fsp3) is 0.111. The summed E-state index contributed by atoms with van der Waals surface area (Å²) < 4.78 is 4.95. The van der Waals surface area contributed by atoms with Crippen molar-refractivity contribution in [2.75, 3.05) is 12.4 Å². The molecule has 0 aromatic heterocycles. The predicted molar refractivity (Wildman–Crippen MR) is 57.1 cm³/mol. The SMILES string of the molecule is COC(=O)Nc1cc(Br)cc(C(=O)O)c1. The van der Waals surface area contributed by atoms with Gasteiger partial charge in [-0.05, 0) is 18.2 Å². The number of rotatable bonds is 2. The van der Waals surface area contributed by atoms with Crippen LogP contribution < -0.4 is 5.32 Å². The molecule has 0 radical (unpaired) electrons. The molecule has 0 spiro atoms. The number of anilines is 1. The Kier molecular flexibility index (Phi) is 3.68. The molecule has 5 nitrogen and oxygen atoms in total. The number of methoxy groups -OCH3 is 1. The Hall–Kier alpha value is -1.56. The van der Waals surface area contributed by atoms with E-state index >= 15 is 0 Å². The molecule has 0 aliphatic rings. The highest BCUT2D eigenvalue weighted by molar-refractivity contribution is 9.10. The molecule has 2 N–H and O–H groups in total. The Morgan fingerprint density at radius 1 is 1.40 bits per heavy atom. The Morgan fingerprint density at radius 3 is 2.60 bits per heavy atom. The lowest BCUT2D eigenvalue weighted by atomic mass is 10.2. The van der Waals surface area contributed by atoms with Gasteiger partial charge in [-0.1, -0.05) is 15.9 Å². The zero-order valence-electron chi connectivity index (χ0n) is 7.78. The average Bonchev–Trinajstić information content (AvgIpc) is 2.16. The van der Waals surface area contributed by atoms with E-state index in [4.69, 9.17) is 5.11 Å². The normalized spacial score (nSPS) is 9.47. The molecule has 0 aliphatic carbocycles. The summed E-state index contributed by atoms with van der Waals surface area (Å²) in [7, 11) is 1.23. The van der Waals surface area contributed by atoms with Gasteiger partial charge in [0, 0.05) is 10.2 Å². The summed E-state index contributed by atoms with van der Waals surface area (Å²) in [6, 6.07) is 4.35. The van der Waals surface area contributed by atoms with E-state index in [2.05, 4.69) is 26.0 Å². The Balaban J connectivity index is 2.98. The highest BCUT2D eigenvalue weighted by Gasteiger charge is 2.07. The number of nitrogens with one attached hydrogen (secondary N) is 1. The minimum atomic E-state index is -1.07. The van der Waals surface area contributed by atoms with E-state index in [1.165, 1.54) is 19.2 Å². The number of carbonyl (C=O) groups excluding carboxylic acids is 1. The summed E-state index contributed by atoms with van der Waals surface area (Å²) >= 11 is 3.14. The van der Waals surface area contributed by atoms with Crippen LogP contribution in [0.1, 0.15) is 10.4 Å². The van der Waals surface area contributed by atoms with E-state index in [0.717, 1.165) is 0 Å². The van der Waals surface area contributed by atoms with Gasteiger partial charge in [-0.2, -0.15) is 0 Å². The number of carboxylic acid groups (broad SMARTS) is 1. The first kappa shape index (κ1) is 11.5. The number of carbonyl (C=O) groups is 2. The van der Waals surface area contributed by atoms with Crippen molar-refractivity contribution in [2.24, 2.45) is 0 Å². The largest absolute Gasteiger partial charge is 0.478 e. The molecule has 1 rings (SSSR count). The van der Waals surface area contributed by atoms with E-state index in [-0.39, 0.29) is 5.56 Å². The molecule has 0 bridgehead atoms. The van der Waals surface area contributed by atoms with E-state index in [9.17, 15) is 9.59 Å². The molecule has 0 saturated carbocycles. The molecule has 0 fully saturated rings. The molecular formula is C9H8BrNO4. The summed E-state index contributed by atoms with van der Waals surface area (Å²) in [4.78, 5) is 21.6. The van der Waals surface area contributed by atoms with E-state index in [0.29, 0.717) is 10.2 Å². The lowest BCUT2D eigenvalue weighted by molar-refractivity contribution is 0.0696. The van der Waals surface area contributed by atoms with Gasteiger partial charge in [0.25, 0.3) is 0 Å². The van der Waals surface area contributed by atoms with E-state index < -0.39 is 12.1 Å². The number of carboxylic acids is 1. The van der Waals surface area contributed by atoms with Crippen molar-refractivity contribution in [1.82, 2.24) is 0 Å². The number of ether oxygens (including phenoxy) is 1. The van der Waals surface area contributed by atoms with Crippen molar-refractivity contribution in [3.63, 3.8) is 0 Å². The number of halogens is 1.